The van der Waals surface area contributed by atoms with E-state index in [2.05, 4.69) is 0 Å². The summed E-state index contributed by atoms with van der Waals surface area (Å²) in [5.74, 6) is -0.542. The summed E-state index contributed by atoms with van der Waals surface area (Å²) in [5.41, 5.74) is 0.170. The molecule has 92 valence electrons. The third-order valence-electron chi connectivity index (χ3n) is 2.16. The number of ether oxygens (including phenoxy) is 1. The predicted octanol–water partition coefficient (Wildman–Crippen LogP) is 2.38. The van der Waals surface area contributed by atoms with Crippen LogP contribution in [0.2, 0.25) is 0 Å². The van der Waals surface area contributed by atoms with Gasteiger partial charge in [-0.1, -0.05) is 20.8 Å². The van der Waals surface area contributed by atoms with Crippen molar-refractivity contribution in [2.75, 3.05) is 6.61 Å². The lowest BCUT2D eigenvalue weighted by atomic mass is 9.86. The molecule has 0 amide bonds. The number of benzene rings is 1. The molecule has 17 heavy (non-hydrogen) atoms. The summed E-state index contributed by atoms with van der Waals surface area (Å²) in [5, 5.41) is 8.45. The van der Waals surface area contributed by atoms with Gasteiger partial charge in [0.2, 0.25) is 0 Å². The number of hydrogen-bond donors (Lipinski definition) is 1. The van der Waals surface area contributed by atoms with Gasteiger partial charge in [-0.3, -0.25) is 4.79 Å². The lowest BCUT2D eigenvalue weighted by Gasteiger charge is -2.16. The van der Waals surface area contributed by atoms with Crippen LogP contribution in [-0.4, -0.2) is 23.5 Å². The van der Waals surface area contributed by atoms with Crippen molar-refractivity contribution < 1.29 is 19.4 Å². The highest BCUT2D eigenvalue weighted by Gasteiger charge is 2.22. The van der Waals surface area contributed by atoms with E-state index >= 15 is 0 Å². The second-order valence-corrected chi connectivity index (χ2v) is 4.79. The number of aliphatic carboxylic acids is 1. The van der Waals surface area contributed by atoms with Gasteiger partial charge in [0.15, 0.2) is 12.4 Å². The number of ketones is 1. The first-order valence-electron chi connectivity index (χ1n) is 5.30. The van der Waals surface area contributed by atoms with Gasteiger partial charge in [0.05, 0.1) is 0 Å². The second kappa shape index (κ2) is 4.99. The van der Waals surface area contributed by atoms with Gasteiger partial charge >= 0.3 is 5.97 Å². The van der Waals surface area contributed by atoms with E-state index in [1.54, 1.807) is 24.3 Å². The normalized spacial score (nSPS) is 11.0. The van der Waals surface area contributed by atoms with Gasteiger partial charge in [0, 0.05) is 11.0 Å². The van der Waals surface area contributed by atoms with Crippen molar-refractivity contribution in [3.05, 3.63) is 29.8 Å². The largest absolute Gasteiger partial charge is 0.482 e. The van der Waals surface area contributed by atoms with Crippen LogP contribution < -0.4 is 4.74 Å². The van der Waals surface area contributed by atoms with Crippen LogP contribution in [-0.2, 0) is 4.79 Å². The topological polar surface area (TPSA) is 63.6 Å². The van der Waals surface area contributed by atoms with Gasteiger partial charge < -0.3 is 9.84 Å². The minimum atomic E-state index is -1.03. The van der Waals surface area contributed by atoms with Gasteiger partial charge in [0.25, 0.3) is 0 Å². The zero-order valence-corrected chi connectivity index (χ0v) is 10.2. The molecular formula is C13H16O4. The van der Waals surface area contributed by atoms with E-state index in [0.29, 0.717) is 11.3 Å². The Morgan fingerprint density at radius 3 is 2.12 bits per heavy atom. The highest BCUT2D eigenvalue weighted by molar-refractivity contribution is 5.99. The first-order valence-corrected chi connectivity index (χ1v) is 5.30. The van der Waals surface area contributed by atoms with E-state index in [9.17, 15) is 9.59 Å². The molecule has 1 aromatic rings. The molecule has 0 atom stereocenters. The van der Waals surface area contributed by atoms with E-state index in [0.717, 1.165) is 0 Å². The Labute approximate surface area is 100 Å². The number of carboxylic acid groups (broad SMARTS) is 1. The zero-order chi connectivity index (χ0) is 13.1. The minimum Gasteiger partial charge on any atom is -0.482 e. The molecule has 0 saturated heterocycles. The molecule has 0 aromatic heterocycles. The molecule has 0 radical (unpaired) electrons. The average Bonchev–Trinajstić information content (AvgIpc) is 2.25. The lowest BCUT2D eigenvalue weighted by molar-refractivity contribution is -0.139. The van der Waals surface area contributed by atoms with Crippen LogP contribution in [0.3, 0.4) is 0 Å². The second-order valence-electron chi connectivity index (χ2n) is 4.79. The van der Waals surface area contributed by atoms with Crippen LogP contribution >= 0.6 is 0 Å². The third-order valence-corrected chi connectivity index (χ3v) is 2.16. The zero-order valence-electron chi connectivity index (χ0n) is 10.2. The summed E-state index contributed by atoms with van der Waals surface area (Å²) >= 11 is 0. The van der Waals surface area contributed by atoms with Crippen molar-refractivity contribution in [3.8, 4) is 5.75 Å². The van der Waals surface area contributed by atoms with E-state index < -0.39 is 11.4 Å². The molecule has 4 nitrogen and oxygen atoms in total. The summed E-state index contributed by atoms with van der Waals surface area (Å²) in [6, 6.07) is 6.49. The number of carboxylic acids is 1. The van der Waals surface area contributed by atoms with Crippen LogP contribution in [0, 0.1) is 5.41 Å². The Bertz CT molecular complexity index is 412. The molecule has 0 bridgehead atoms. The van der Waals surface area contributed by atoms with Crippen molar-refractivity contribution in [1.82, 2.24) is 0 Å². The van der Waals surface area contributed by atoms with Gasteiger partial charge in [0.1, 0.15) is 5.75 Å². The standard InChI is InChI=1S/C13H16O4/c1-13(2,3)12(16)9-4-6-10(7-5-9)17-8-11(14)15/h4-7H,8H2,1-3H3,(H,14,15). The van der Waals surface area contributed by atoms with Crippen molar-refractivity contribution in [2.24, 2.45) is 5.41 Å². The molecule has 1 aromatic carbocycles. The van der Waals surface area contributed by atoms with Crippen LogP contribution in [0.5, 0.6) is 5.75 Å². The molecule has 1 rings (SSSR count). The first-order chi connectivity index (χ1) is 7.80. The Balaban J connectivity index is 2.75. The number of Topliss-reactive ketones (excluding diaryl/α,β-unsaturated/α-hetero) is 1. The highest BCUT2D eigenvalue weighted by Crippen LogP contribution is 2.22. The Morgan fingerprint density at radius 2 is 1.71 bits per heavy atom. The van der Waals surface area contributed by atoms with Crippen LogP contribution in [0.4, 0.5) is 0 Å². The molecule has 0 aliphatic carbocycles. The number of rotatable bonds is 4. The Morgan fingerprint density at radius 1 is 1.18 bits per heavy atom. The smallest absolute Gasteiger partial charge is 0.341 e. The highest BCUT2D eigenvalue weighted by atomic mass is 16.5. The monoisotopic (exact) mass is 236 g/mol. The fraction of sp³-hybridized carbons (Fsp3) is 0.385. The quantitative estimate of drug-likeness (QED) is 0.815. The molecule has 0 aliphatic heterocycles. The molecule has 0 spiro atoms. The molecule has 0 saturated carbocycles. The SMILES string of the molecule is CC(C)(C)C(=O)c1ccc(OCC(=O)O)cc1. The predicted molar refractivity (Wildman–Crippen MR) is 63.4 cm³/mol. The van der Waals surface area contributed by atoms with E-state index in [1.807, 2.05) is 20.8 Å². The third kappa shape index (κ3) is 3.90. The Kier molecular flexibility index (Phi) is 3.89. The molecule has 0 unspecified atom stereocenters. The first kappa shape index (κ1) is 13.2. The van der Waals surface area contributed by atoms with E-state index in [4.69, 9.17) is 9.84 Å². The van der Waals surface area contributed by atoms with E-state index in [-0.39, 0.29) is 12.4 Å². The van der Waals surface area contributed by atoms with Crippen LogP contribution in [0.25, 0.3) is 0 Å². The lowest BCUT2D eigenvalue weighted by Crippen LogP contribution is -2.20. The fourth-order valence-corrected chi connectivity index (χ4v) is 1.28. The van der Waals surface area contributed by atoms with Gasteiger partial charge in [-0.2, -0.15) is 0 Å². The van der Waals surface area contributed by atoms with Crippen molar-refractivity contribution >= 4 is 11.8 Å². The van der Waals surface area contributed by atoms with Gasteiger partial charge in [-0.15, -0.1) is 0 Å². The molecule has 0 heterocycles. The molecular weight excluding hydrogens is 220 g/mol. The van der Waals surface area contributed by atoms with Gasteiger partial charge in [-0.25, -0.2) is 4.79 Å². The van der Waals surface area contributed by atoms with E-state index in [1.165, 1.54) is 0 Å². The maximum atomic E-state index is 11.9. The number of carbonyl (C=O) groups is 2. The van der Waals surface area contributed by atoms with Crippen molar-refractivity contribution in [3.63, 3.8) is 0 Å². The summed E-state index contributed by atoms with van der Waals surface area (Å²) in [4.78, 5) is 22.2. The molecule has 0 fully saturated rings. The summed E-state index contributed by atoms with van der Waals surface area (Å²) in [7, 11) is 0. The van der Waals surface area contributed by atoms with Crippen molar-refractivity contribution in [2.45, 2.75) is 20.8 Å². The maximum absolute atomic E-state index is 11.9. The molecule has 0 aliphatic rings. The summed E-state index contributed by atoms with van der Waals surface area (Å²) in [6.45, 7) is 5.17. The average molecular weight is 236 g/mol. The maximum Gasteiger partial charge on any atom is 0.341 e. The summed E-state index contributed by atoms with van der Waals surface area (Å²) in [6.07, 6.45) is 0. The fourth-order valence-electron chi connectivity index (χ4n) is 1.28. The number of carbonyl (C=O) groups excluding carboxylic acids is 1. The summed E-state index contributed by atoms with van der Waals surface area (Å²) < 4.78 is 4.98. The van der Waals surface area contributed by atoms with Crippen LogP contribution in [0.15, 0.2) is 24.3 Å². The molecule has 1 N–H and O–H groups in total. The van der Waals surface area contributed by atoms with Gasteiger partial charge in [-0.05, 0) is 24.3 Å². The van der Waals surface area contributed by atoms with Crippen molar-refractivity contribution in [1.29, 1.82) is 0 Å². The molecule has 4 heteroatoms. The number of hydrogen-bond acceptors (Lipinski definition) is 3. The Hall–Kier alpha value is -1.84. The minimum absolute atomic E-state index is 0.0438. The van der Waals surface area contributed by atoms with Crippen LogP contribution in [0.1, 0.15) is 31.1 Å².